The predicted molar refractivity (Wildman–Crippen MR) is 81.3 cm³/mol. The number of nitrogens with one attached hydrogen (secondary N) is 1. The first-order valence-corrected chi connectivity index (χ1v) is 7.92. The van der Waals surface area contributed by atoms with Crippen LogP contribution >= 0.6 is 23.2 Å². The number of hydrogen-bond acceptors (Lipinski definition) is 3. The standard InChI is InChI=1S/C13H12Cl2N2O2S/c14-12-6-1-3-9(13(12)15)8-17-20(18,19)11-5-2-4-10(16)7-11/h1-7,17H,8,16H2. The maximum Gasteiger partial charge on any atom is 0.240 e. The van der Waals surface area contributed by atoms with Gasteiger partial charge in [0.05, 0.1) is 14.9 Å². The maximum absolute atomic E-state index is 12.1. The van der Waals surface area contributed by atoms with Crippen molar-refractivity contribution in [1.82, 2.24) is 4.72 Å². The Morgan fingerprint density at radius 3 is 2.50 bits per heavy atom. The Hall–Kier alpha value is -1.27. The van der Waals surface area contributed by atoms with Crippen LogP contribution in [0.2, 0.25) is 10.0 Å². The van der Waals surface area contributed by atoms with Crippen LogP contribution in [0.4, 0.5) is 5.69 Å². The molecule has 4 nitrogen and oxygen atoms in total. The zero-order chi connectivity index (χ0) is 14.8. The van der Waals surface area contributed by atoms with Crippen LogP contribution in [0, 0.1) is 0 Å². The zero-order valence-electron chi connectivity index (χ0n) is 10.3. The van der Waals surface area contributed by atoms with Gasteiger partial charge < -0.3 is 5.73 Å². The van der Waals surface area contributed by atoms with E-state index in [1.165, 1.54) is 12.1 Å². The van der Waals surface area contributed by atoms with Gasteiger partial charge in [0.1, 0.15) is 0 Å². The largest absolute Gasteiger partial charge is 0.399 e. The molecule has 0 saturated carbocycles. The van der Waals surface area contributed by atoms with Crippen molar-refractivity contribution >= 4 is 38.9 Å². The summed E-state index contributed by atoms with van der Waals surface area (Å²) in [6.45, 7) is 0.0521. The summed E-state index contributed by atoms with van der Waals surface area (Å²) in [5.41, 5.74) is 6.56. The second-order valence-electron chi connectivity index (χ2n) is 4.11. The fraction of sp³-hybridized carbons (Fsp3) is 0.0769. The van der Waals surface area contributed by atoms with Crippen molar-refractivity contribution in [3.63, 3.8) is 0 Å². The molecule has 2 aromatic rings. The molecular weight excluding hydrogens is 319 g/mol. The van der Waals surface area contributed by atoms with Gasteiger partial charge in [-0.1, -0.05) is 41.4 Å². The second-order valence-corrected chi connectivity index (χ2v) is 6.66. The first-order chi connectivity index (χ1) is 9.40. The number of rotatable bonds is 4. The molecule has 7 heteroatoms. The quantitative estimate of drug-likeness (QED) is 0.846. The van der Waals surface area contributed by atoms with Crippen LogP contribution in [0.1, 0.15) is 5.56 Å². The van der Waals surface area contributed by atoms with Gasteiger partial charge in [-0.15, -0.1) is 0 Å². The predicted octanol–water partition coefficient (Wildman–Crippen LogP) is 3.05. The van der Waals surface area contributed by atoms with Gasteiger partial charge in [-0.2, -0.15) is 0 Å². The van der Waals surface area contributed by atoms with E-state index in [1.807, 2.05) is 0 Å². The number of benzene rings is 2. The molecule has 0 aliphatic heterocycles. The topological polar surface area (TPSA) is 72.2 Å². The summed E-state index contributed by atoms with van der Waals surface area (Å²) >= 11 is 11.9. The smallest absolute Gasteiger partial charge is 0.240 e. The van der Waals surface area contributed by atoms with Crippen molar-refractivity contribution < 1.29 is 8.42 Å². The summed E-state index contributed by atoms with van der Waals surface area (Å²) in [7, 11) is -3.64. The van der Waals surface area contributed by atoms with E-state index in [2.05, 4.69) is 4.72 Å². The van der Waals surface area contributed by atoms with Crippen LogP contribution in [0.25, 0.3) is 0 Å². The van der Waals surface area contributed by atoms with Crippen molar-refractivity contribution in [3.8, 4) is 0 Å². The number of sulfonamides is 1. The number of nitrogen functional groups attached to an aromatic ring is 1. The highest BCUT2D eigenvalue weighted by Gasteiger charge is 2.15. The fourth-order valence-electron chi connectivity index (χ4n) is 1.62. The van der Waals surface area contributed by atoms with Gasteiger partial charge in [0.15, 0.2) is 0 Å². The monoisotopic (exact) mass is 330 g/mol. The zero-order valence-corrected chi connectivity index (χ0v) is 12.6. The molecular formula is C13H12Cl2N2O2S. The molecule has 20 heavy (non-hydrogen) atoms. The summed E-state index contributed by atoms with van der Waals surface area (Å²) in [6.07, 6.45) is 0. The molecule has 2 rings (SSSR count). The summed E-state index contributed by atoms with van der Waals surface area (Å²) in [6, 6.07) is 11.1. The first kappa shape index (κ1) is 15.1. The van der Waals surface area contributed by atoms with Crippen LogP contribution in [0.3, 0.4) is 0 Å². The van der Waals surface area contributed by atoms with Gasteiger partial charge in [0, 0.05) is 12.2 Å². The van der Waals surface area contributed by atoms with Crippen molar-refractivity contribution in [1.29, 1.82) is 0 Å². The molecule has 0 spiro atoms. The van der Waals surface area contributed by atoms with E-state index in [-0.39, 0.29) is 11.4 Å². The molecule has 0 atom stereocenters. The van der Waals surface area contributed by atoms with Crippen LogP contribution in [0.5, 0.6) is 0 Å². The minimum Gasteiger partial charge on any atom is -0.399 e. The van der Waals surface area contributed by atoms with E-state index >= 15 is 0 Å². The van der Waals surface area contributed by atoms with Gasteiger partial charge in [0.25, 0.3) is 0 Å². The molecule has 0 unspecified atom stereocenters. The molecule has 0 radical (unpaired) electrons. The molecule has 3 N–H and O–H groups in total. The molecule has 0 saturated heterocycles. The van der Waals surface area contributed by atoms with E-state index in [0.717, 1.165) is 0 Å². The minimum absolute atomic E-state index is 0.0521. The van der Waals surface area contributed by atoms with Crippen molar-refractivity contribution in [2.75, 3.05) is 5.73 Å². The highest BCUT2D eigenvalue weighted by molar-refractivity contribution is 7.89. The Morgan fingerprint density at radius 2 is 1.80 bits per heavy atom. The average molecular weight is 331 g/mol. The number of halogens is 2. The van der Waals surface area contributed by atoms with Gasteiger partial charge in [0.2, 0.25) is 10.0 Å². The van der Waals surface area contributed by atoms with E-state index in [1.54, 1.807) is 30.3 Å². The lowest BCUT2D eigenvalue weighted by molar-refractivity contribution is 0.581. The van der Waals surface area contributed by atoms with Crippen molar-refractivity contribution in [3.05, 3.63) is 58.1 Å². The lowest BCUT2D eigenvalue weighted by Gasteiger charge is -2.09. The van der Waals surface area contributed by atoms with E-state index in [0.29, 0.717) is 21.3 Å². The van der Waals surface area contributed by atoms with Gasteiger partial charge in [-0.25, -0.2) is 13.1 Å². The van der Waals surface area contributed by atoms with Gasteiger partial charge in [-0.3, -0.25) is 0 Å². The minimum atomic E-state index is -3.64. The third kappa shape index (κ3) is 3.43. The number of anilines is 1. The average Bonchev–Trinajstić information content (AvgIpc) is 2.40. The van der Waals surface area contributed by atoms with Crippen LogP contribution < -0.4 is 10.5 Å². The first-order valence-electron chi connectivity index (χ1n) is 5.68. The molecule has 106 valence electrons. The Bertz CT molecular complexity index is 733. The lowest BCUT2D eigenvalue weighted by Crippen LogP contribution is -2.23. The second kappa shape index (κ2) is 6.01. The maximum atomic E-state index is 12.1. The Labute approximate surface area is 127 Å². The summed E-state index contributed by atoms with van der Waals surface area (Å²) < 4.78 is 26.7. The summed E-state index contributed by atoms with van der Waals surface area (Å²) in [5.74, 6) is 0. The highest BCUT2D eigenvalue weighted by Crippen LogP contribution is 2.25. The van der Waals surface area contributed by atoms with E-state index < -0.39 is 10.0 Å². The Balaban J connectivity index is 2.20. The Kier molecular flexibility index (Phi) is 4.55. The fourth-order valence-corrected chi connectivity index (χ4v) is 3.07. The van der Waals surface area contributed by atoms with E-state index in [4.69, 9.17) is 28.9 Å². The van der Waals surface area contributed by atoms with Gasteiger partial charge >= 0.3 is 0 Å². The van der Waals surface area contributed by atoms with Crippen LogP contribution in [0.15, 0.2) is 47.4 Å². The third-order valence-corrected chi connectivity index (χ3v) is 4.91. The molecule has 2 aromatic carbocycles. The normalized spacial score (nSPS) is 11.5. The molecule has 0 amide bonds. The van der Waals surface area contributed by atoms with Crippen LogP contribution in [-0.2, 0) is 16.6 Å². The van der Waals surface area contributed by atoms with Crippen molar-refractivity contribution in [2.24, 2.45) is 0 Å². The molecule has 0 aromatic heterocycles. The highest BCUT2D eigenvalue weighted by atomic mass is 35.5. The van der Waals surface area contributed by atoms with E-state index in [9.17, 15) is 8.42 Å². The third-order valence-electron chi connectivity index (χ3n) is 2.65. The SMILES string of the molecule is Nc1cccc(S(=O)(=O)NCc2cccc(Cl)c2Cl)c1. The lowest BCUT2D eigenvalue weighted by atomic mass is 10.2. The van der Waals surface area contributed by atoms with Crippen LogP contribution in [-0.4, -0.2) is 8.42 Å². The molecule has 0 aliphatic rings. The van der Waals surface area contributed by atoms with Gasteiger partial charge in [-0.05, 0) is 29.8 Å². The molecule has 0 bridgehead atoms. The summed E-state index contributed by atoms with van der Waals surface area (Å²) in [4.78, 5) is 0.107. The molecule has 0 fully saturated rings. The number of hydrogen-bond donors (Lipinski definition) is 2. The molecule has 0 aliphatic carbocycles. The van der Waals surface area contributed by atoms with Crippen molar-refractivity contribution in [2.45, 2.75) is 11.4 Å². The Morgan fingerprint density at radius 1 is 1.10 bits per heavy atom. The number of nitrogens with two attached hydrogens (primary N) is 1. The molecule has 0 heterocycles. The summed E-state index contributed by atoms with van der Waals surface area (Å²) in [5, 5.41) is 0.719.